The zero-order valence-corrected chi connectivity index (χ0v) is 10.6. The molecule has 0 fully saturated rings. The van der Waals surface area contributed by atoms with Crippen molar-refractivity contribution in [2.45, 2.75) is 25.5 Å². The van der Waals surface area contributed by atoms with Gasteiger partial charge in [0, 0.05) is 13.2 Å². The highest BCUT2D eigenvalue weighted by atomic mass is 35.5. The Hall–Kier alpha value is -0.570. The molecule has 0 aromatic heterocycles. The predicted molar refractivity (Wildman–Crippen MR) is 66.6 cm³/mol. The molecule has 1 N–H and O–H groups in total. The summed E-state index contributed by atoms with van der Waals surface area (Å²) in [6.45, 7) is 4.22. The molecule has 0 aliphatic heterocycles. The van der Waals surface area contributed by atoms with Crippen LogP contribution >= 0.6 is 12.4 Å². The van der Waals surface area contributed by atoms with Crippen LogP contribution in [0.15, 0.2) is 30.3 Å². The Bertz CT molecular complexity index is 278. The van der Waals surface area contributed by atoms with Crippen molar-refractivity contribution in [2.75, 3.05) is 14.2 Å². The Morgan fingerprint density at radius 2 is 1.80 bits per heavy atom. The van der Waals surface area contributed by atoms with E-state index >= 15 is 0 Å². The number of ether oxygens (including phenoxy) is 1. The van der Waals surface area contributed by atoms with Gasteiger partial charge < -0.3 is 10.1 Å². The summed E-state index contributed by atoms with van der Waals surface area (Å²) in [7, 11) is 3.70. The molecule has 0 radical (unpaired) electrons. The molecule has 1 aromatic carbocycles. The van der Waals surface area contributed by atoms with Crippen molar-refractivity contribution < 1.29 is 4.74 Å². The third kappa shape index (κ3) is 2.94. The summed E-state index contributed by atoms with van der Waals surface area (Å²) < 4.78 is 5.61. The molecule has 2 unspecified atom stereocenters. The highest BCUT2D eigenvalue weighted by Gasteiger charge is 2.31. The molecule has 0 heterocycles. The maximum Gasteiger partial charge on any atom is 0.105 e. The minimum Gasteiger partial charge on any atom is -0.372 e. The van der Waals surface area contributed by atoms with Crippen molar-refractivity contribution in [3.63, 3.8) is 0 Å². The maximum absolute atomic E-state index is 5.61. The molecule has 2 nitrogen and oxygen atoms in total. The minimum atomic E-state index is -0.268. The summed E-state index contributed by atoms with van der Waals surface area (Å²) in [5.74, 6) is 0. The Kier molecular flexibility index (Phi) is 5.88. The molecule has 1 aromatic rings. The van der Waals surface area contributed by atoms with Crippen LogP contribution in [0, 0.1) is 0 Å². The van der Waals surface area contributed by atoms with E-state index in [1.54, 1.807) is 7.11 Å². The summed E-state index contributed by atoms with van der Waals surface area (Å²) >= 11 is 0. The van der Waals surface area contributed by atoms with Crippen molar-refractivity contribution in [3.05, 3.63) is 35.9 Å². The first-order chi connectivity index (χ1) is 6.65. The second-order valence-electron chi connectivity index (χ2n) is 3.69. The lowest BCUT2D eigenvalue weighted by atomic mass is 9.89. The van der Waals surface area contributed by atoms with Crippen LogP contribution in [-0.4, -0.2) is 20.2 Å². The van der Waals surface area contributed by atoms with Crippen LogP contribution in [0.4, 0.5) is 0 Å². The van der Waals surface area contributed by atoms with Crippen LogP contribution in [0.5, 0.6) is 0 Å². The first-order valence-electron chi connectivity index (χ1n) is 4.93. The van der Waals surface area contributed by atoms with E-state index in [9.17, 15) is 0 Å². The summed E-state index contributed by atoms with van der Waals surface area (Å²) in [5.41, 5.74) is 0.931. The number of hydrogen-bond acceptors (Lipinski definition) is 2. The van der Waals surface area contributed by atoms with E-state index in [-0.39, 0.29) is 24.0 Å². The van der Waals surface area contributed by atoms with Gasteiger partial charge >= 0.3 is 0 Å². The van der Waals surface area contributed by atoms with Gasteiger partial charge in [-0.2, -0.15) is 0 Å². The Morgan fingerprint density at radius 1 is 1.27 bits per heavy atom. The van der Waals surface area contributed by atoms with Crippen LogP contribution in [0.25, 0.3) is 0 Å². The summed E-state index contributed by atoms with van der Waals surface area (Å²) in [6.07, 6.45) is 0. The van der Waals surface area contributed by atoms with Crippen LogP contribution in [0.1, 0.15) is 19.4 Å². The number of hydrogen-bond donors (Lipinski definition) is 1. The molecular formula is C12H20ClNO. The Balaban J connectivity index is 0.00000196. The second kappa shape index (κ2) is 6.11. The molecule has 1 rings (SSSR count). The largest absolute Gasteiger partial charge is 0.372 e. The van der Waals surface area contributed by atoms with E-state index < -0.39 is 0 Å². The van der Waals surface area contributed by atoms with Gasteiger partial charge in [0.2, 0.25) is 0 Å². The van der Waals surface area contributed by atoms with Crippen molar-refractivity contribution in [1.82, 2.24) is 5.32 Å². The van der Waals surface area contributed by atoms with E-state index in [0.717, 1.165) is 0 Å². The van der Waals surface area contributed by atoms with E-state index in [0.29, 0.717) is 0 Å². The topological polar surface area (TPSA) is 21.3 Å². The average molecular weight is 230 g/mol. The maximum atomic E-state index is 5.61. The standard InChI is InChI=1S/C12H19NO.ClH/c1-10(13-3)12(2,14-4)11-8-6-5-7-9-11;/h5-10,13H,1-4H3;1H. The fourth-order valence-electron chi connectivity index (χ4n) is 1.59. The summed E-state index contributed by atoms with van der Waals surface area (Å²) in [5, 5.41) is 3.23. The summed E-state index contributed by atoms with van der Waals surface area (Å²) in [4.78, 5) is 0. The molecule has 0 saturated carbocycles. The quantitative estimate of drug-likeness (QED) is 0.857. The highest BCUT2D eigenvalue weighted by molar-refractivity contribution is 5.85. The molecule has 0 bridgehead atoms. The normalized spacial score (nSPS) is 16.3. The van der Waals surface area contributed by atoms with Gasteiger partial charge in [-0.15, -0.1) is 12.4 Å². The van der Waals surface area contributed by atoms with Crippen LogP contribution in [0.2, 0.25) is 0 Å². The van der Waals surface area contributed by atoms with Crippen molar-refractivity contribution in [1.29, 1.82) is 0 Å². The number of likely N-dealkylation sites (N-methyl/N-ethyl adjacent to an activating group) is 1. The fourth-order valence-corrected chi connectivity index (χ4v) is 1.59. The molecule has 0 spiro atoms. The average Bonchev–Trinajstić information content (AvgIpc) is 2.28. The number of benzene rings is 1. The lowest BCUT2D eigenvalue weighted by Gasteiger charge is -2.34. The van der Waals surface area contributed by atoms with Crippen molar-refractivity contribution >= 4 is 12.4 Å². The third-order valence-electron chi connectivity index (χ3n) is 3.03. The summed E-state index contributed by atoms with van der Waals surface area (Å²) in [6, 6.07) is 10.6. The fraction of sp³-hybridized carbons (Fsp3) is 0.500. The molecule has 0 aliphatic rings. The Labute approximate surface area is 98.4 Å². The number of rotatable bonds is 4. The van der Waals surface area contributed by atoms with Crippen LogP contribution in [-0.2, 0) is 10.3 Å². The van der Waals surface area contributed by atoms with Gasteiger partial charge in [0.1, 0.15) is 5.60 Å². The SMILES string of the molecule is CNC(C)C(C)(OC)c1ccccc1.Cl. The molecule has 3 heteroatoms. The zero-order valence-electron chi connectivity index (χ0n) is 9.78. The minimum absolute atomic E-state index is 0. The van der Waals surface area contributed by atoms with Crippen molar-refractivity contribution in [2.24, 2.45) is 0 Å². The van der Waals surface area contributed by atoms with Gasteiger partial charge in [-0.1, -0.05) is 30.3 Å². The lowest BCUT2D eigenvalue weighted by Crippen LogP contribution is -2.44. The van der Waals surface area contributed by atoms with Gasteiger partial charge in [0.15, 0.2) is 0 Å². The van der Waals surface area contributed by atoms with E-state index in [1.807, 2.05) is 25.2 Å². The Morgan fingerprint density at radius 3 is 2.20 bits per heavy atom. The van der Waals surface area contributed by atoms with E-state index in [1.165, 1.54) is 5.56 Å². The third-order valence-corrected chi connectivity index (χ3v) is 3.03. The first-order valence-corrected chi connectivity index (χ1v) is 4.93. The second-order valence-corrected chi connectivity index (χ2v) is 3.69. The molecular weight excluding hydrogens is 210 g/mol. The molecule has 0 saturated heterocycles. The van der Waals surface area contributed by atoms with Crippen molar-refractivity contribution in [3.8, 4) is 0 Å². The number of halogens is 1. The number of methoxy groups -OCH3 is 1. The molecule has 15 heavy (non-hydrogen) atoms. The molecule has 0 aliphatic carbocycles. The van der Waals surface area contributed by atoms with E-state index in [4.69, 9.17) is 4.74 Å². The van der Waals surface area contributed by atoms with Gasteiger partial charge in [-0.25, -0.2) is 0 Å². The van der Waals surface area contributed by atoms with Gasteiger partial charge in [0.05, 0.1) is 0 Å². The lowest BCUT2D eigenvalue weighted by molar-refractivity contribution is -0.0239. The zero-order chi connectivity index (χ0) is 10.6. The van der Waals surface area contributed by atoms with Gasteiger partial charge in [-0.3, -0.25) is 0 Å². The van der Waals surface area contributed by atoms with E-state index in [2.05, 4.69) is 31.3 Å². The smallest absolute Gasteiger partial charge is 0.105 e. The van der Waals surface area contributed by atoms with Crippen LogP contribution in [0.3, 0.4) is 0 Å². The highest BCUT2D eigenvalue weighted by Crippen LogP contribution is 2.27. The van der Waals surface area contributed by atoms with Crippen LogP contribution < -0.4 is 5.32 Å². The number of nitrogens with one attached hydrogen (secondary N) is 1. The molecule has 0 amide bonds. The first kappa shape index (κ1) is 14.4. The molecule has 86 valence electrons. The van der Waals surface area contributed by atoms with Gasteiger partial charge in [0.25, 0.3) is 0 Å². The van der Waals surface area contributed by atoms with Gasteiger partial charge in [-0.05, 0) is 26.5 Å². The molecule has 2 atom stereocenters. The monoisotopic (exact) mass is 229 g/mol. The predicted octanol–water partition coefficient (Wildman–Crippen LogP) is 2.58.